The van der Waals surface area contributed by atoms with E-state index in [0.29, 0.717) is 6.54 Å². The lowest BCUT2D eigenvalue weighted by molar-refractivity contribution is 0.258. The second-order valence-corrected chi connectivity index (χ2v) is 4.65. The first-order valence-corrected chi connectivity index (χ1v) is 5.52. The Kier molecular flexibility index (Phi) is 4.24. The molecule has 0 spiro atoms. The summed E-state index contributed by atoms with van der Waals surface area (Å²) in [4.78, 5) is 10.8. The summed E-state index contributed by atoms with van der Waals surface area (Å²) in [6, 6.07) is 7.81. The Morgan fingerprint density at radius 3 is 2.62 bits per heavy atom. The molecule has 0 aromatic heterocycles. The number of para-hydroxylation sites is 1. The number of hydrogen-bond acceptors (Lipinski definition) is 2. The van der Waals surface area contributed by atoms with Gasteiger partial charge in [0, 0.05) is 17.5 Å². The summed E-state index contributed by atoms with van der Waals surface area (Å²) in [7, 11) is 1.64. The predicted molar refractivity (Wildman–Crippen MR) is 68.4 cm³/mol. The number of amides is 1. The van der Waals surface area contributed by atoms with Crippen molar-refractivity contribution < 1.29 is 9.53 Å². The summed E-state index contributed by atoms with van der Waals surface area (Å²) in [5, 5.41) is 2.39. The smallest absolute Gasteiger partial charge is 0.276 e. The van der Waals surface area contributed by atoms with E-state index < -0.39 is 0 Å². The molecule has 1 amide bonds. The fourth-order valence-corrected chi connectivity index (χ4v) is 1.67. The number of ether oxygens (including phenoxy) is 1. The van der Waals surface area contributed by atoms with Gasteiger partial charge in [0.2, 0.25) is 0 Å². The predicted octanol–water partition coefficient (Wildman–Crippen LogP) is 2.61. The van der Waals surface area contributed by atoms with Gasteiger partial charge in [-0.05, 0) is 6.07 Å². The van der Waals surface area contributed by atoms with Crippen molar-refractivity contribution in [3.63, 3.8) is 0 Å². The van der Waals surface area contributed by atoms with Crippen LogP contribution in [0.3, 0.4) is 0 Å². The van der Waals surface area contributed by atoms with E-state index in [2.05, 4.69) is 31.8 Å². The first-order valence-electron chi connectivity index (χ1n) is 5.07. The summed E-state index contributed by atoms with van der Waals surface area (Å²) >= 11 is 3.69. The normalized spacial score (nSPS) is 11.0. The third kappa shape index (κ3) is 3.17. The second-order valence-electron chi connectivity index (χ2n) is 4.24. The molecule has 0 aliphatic rings. The molecule has 1 aromatic carbocycles. The van der Waals surface area contributed by atoms with Crippen LogP contribution in [-0.2, 0) is 5.41 Å². The Bertz CT molecular complexity index is 377. The third-order valence-corrected chi connectivity index (χ3v) is 2.68. The monoisotopic (exact) mass is 239 g/mol. The highest BCUT2D eigenvalue weighted by atomic mass is 32.1. The minimum Gasteiger partial charge on any atom is -0.496 e. The summed E-state index contributed by atoms with van der Waals surface area (Å²) in [6.45, 7) is 4.62. The van der Waals surface area contributed by atoms with Crippen LogP contribution in [0.1, 0.15) is 19.4 Å². The highest BCUT2D eigenvalue weighted by Crippen LogP contribution is 2.30. The maximum Gasteiger partial charge on any atom is 0.276 e. The molecule has 0 radical (unpaired) electrons. The van der Waals surface area contributed by atoms with E-state index in [-0.39, 0.29) is 10.7 Å². The van der Waals surface area contributed by atoms with Crippen molar-refractivity contribution >= 4 is 17.9 Å². The topological polar surface area (TPSA) is 38.3 Å². The van der Waals surface area contributed by atoms with Gasteiger partial charge >= 0.3 is 0 Å². The standard InChI is InChI=1S/C12H17NO2S/c1-12(2,8-13-11(14)16)9-6-4-5-7-10(9)15-3/h4-7H,8H2,1-3H3,(H2,13,14,16). The molecule has 1 N–H and O–H groups in total. The van der Waals surface area contributed by atoms with Crippen molar-refractivity contribution in [1.29, 1.82) is 0 Å². The van der Waals surface area contributed by atoms with Crippen LogP contribution in [0, 0.1) is 0 Å². The number of carbonyl (C=O) groups is 1. The van der Waals surface area contributed by atoms with Gasteiger partial charge < -0.3 is 10.1 Å². The number of thiol groups is 1. The van der Waals surface area contributed by atoms with Crippen LogP contribution in [0.25, 0.3) is 0 Å². The number of carbonyl (C=O) groups excluding carboxylic acids is 1. The maximum absolute atomic E-state index is 10.8. The second kappa shape index (κ2) is 5.25. The average molecular weight is 239 g/mol. The van der Waals surface area contributed by atoms with Crippen LogP contribution in [-0.4, -0.2) is 18.9 Å². The molecular weight excluding hydrogens is 222 g/mol. The molecule has 0 heterocycles. The Hall–Kier alpha value is -1.16. The number of hydrogen-bond donors (Lipinski definition) is 2. The molecule has 0 atom stereocenters. The van der Waals surface area contributed by atoms with E-state index in [1.54, 1.807) is 7.11 Å². The van der Waals surface area contributed by atoms with Crippen molar-refractivity contribution in [1.82, 2.24) is 5.32 Å². The van der Waals surface area contributed by atoms with Gasteiger partial charge in [0.05, 0.1) is 7.11 Å². The molecule has 0 saturated heterocycles. The maximum atomic E-state index is 10.8. The molecule has 0 unspecified atom stereocenters. The van der Waals surface area contributed by atoms with Gasteiger partial charge in [-0.15, -0.1) is 0 Å². The van der Waals surface area contributed by atoms with Gasteiger partial charge in [0.25, 0.3) is 5.24 Å². The van der Waals surface area contributed by atoms with E-state index in [4.69, 9.17) is 4.74 Å². The van der Waals surface area contributed by atoms with Crippen molar-refractivity contribution in [2.45, 2.75) is 19.3 Å². The molecule has 16 heavy (non-hydrogen) atoms. The average Bonchev–Trinajstić information content (AvgIpc) is 2.26. The molecule has 0 bridgehead atoms. The molecule has 1 rings (SSSR count). The Morgan fingerprint density at radius 1 is 1.44 bits per heavy atom. The minimum absolute atomic E-state index is 0.189. The summed E-state index contributed by atoms with van der Waals surface area (Å²) in [6.07, 6.45) is 0. The van der Waals surface area contributed by atoms with Gasteiger partial charge in [-0.25, -0.2) is 0 Å². The SMILES string of the molecule is COc1ccccc1C(C)(C)CNC(=O)S. The van der Waals surface area contributed by atoms with Crippen LogP contribution < -0.4 is 10.1 Å². The summed E-state index contributed by atoms with van der Waals surface area (Å²) in [5.74, 6) is 0.834. The number of methoxy groups -OCH3 is 1. The number of nitrogens with one attached hydrogen (secondary N) is 1. The van der Waals surface area contributed by atoms with Crippen molar-refractivity contribution in [3.8, 4) is 5.75 Å². The minimum atomic E-state index is -0.317. The van der Waals surface area contributed by atoms with E-state index in [1.807, 2.05) is 24.3 Å². The quantitative estimate of drug-likeness (QED) is 0.793. The molecule has 3 nitrogen and oxygen atoms in total. The van der Waals surface area contributed by atoms with Gasteiger partial charge in [-0.3, -0.25) is 4.79 Å². The van der Waals surface area contributed by atoms with E-state index >= 15 is 0 Å². The van der Waals surface area contributed by atoms with Crippen molar-refractivity contribution in [2.24, 2.45) is 0 Å². The lowest BCUT2D eigenvalue weighted by Gasteiger charge is -2.27. The molecule has 0 saturated carbocycles. The van der Waals surface area contributed by atoms with Gasteiger partial charge in [-0.2, -0.15) is 0 Å². The first kappa shape index (κ1) is 12.9. The Labute approximate surface area is 102 Å². The van der Waals surface area contributed by atoms with E-state index in [0.717, 1.165) is 11.3 Å². The molecule has 0 aliphatic carbocycles. The van der Waals surface area contributed by atoms with Crippen LogP contribution >= 0.6 is 12.6 Å². The third-order valence-electron chi connectivity index (χ3n) is 2.52. The zero-order valence-corrected chi connectivity index (χ0v) is 10.7. The molecule has 88 valence electrons. The molecule has 4 heteroatoms. The Morgan fingerprint density at radius 2 is 2.06 bits per heavy atom. The lowest BCUT2D eigenvalue weighted by Crippen LogP contribution is -2.34. The van der Waals surface area contributed by atoms with Gasteiger partial charge in [0.15, 0.2) is 0 Å². The van der Waals surface area contributed by atoms with Gasteiger partial charge in [-0.1, -0.05) is 44.7 Å². The lowest BCUT2D eigenvalue weighted by atomic mass is 9.84. The van der Waals surface area contributed by atoms with E-state index in [9.17, 15) is 4.79 Å². The first-order chi connectivity index (χ1) is 7.47. The summed E-state index contributed by atoms with van der Waals surface area (Å²) < 4.78 is 5.31. The summed E-state index contributed by atoms with van der Waals surface area (Å²) in [5.41, 5.74) is 0.880. The molecule has 1 aromatic rings. The highest BCUT2D eigenvalue weighted by Gasteiger charge is 2.24. The molecular formula is C12H17NO2S. The Balaban J connectivity index is 2.92. The largest absolute Gasteiger partial charge is 0.496 e. The highest BCUT2D eigenvalue weighted by molar-refractivity contribution is 7.96. The van der Waals surface area contributed by atoms with Crippen LogP contribution in [0.5, 0.6) is 5.75 Å². The fraction of sp³-hybridized carbons (Fsp3) is 0.417. The molecule has 0 fully saturated rings. The zero-order valence-electron chi connectivity index (χ0n) is 9.78. The molecule has 0 aliphatic heterocycles. The van der Waals surface area contributed by atoms with Crippen LogP contribution in [0.4, 0.5) is 4.79 Å². The van der Waals surface area contributed by atoms with Crippen LogP contribution in [0.2, 0.25) is 0 Å². The van der Waals surface area contributed by atoms with Crippen molar-refractivity contribution in [3.05, 3.63) is 29.8 Å². The number of rotatable bonds is 4. The van der Waals surface area contributed by atoms with Crippen LogP contribution in [0.15, 0.2) is 24.3 Å². The van der Waals surface area contributed by atoms with Crippen molar-refractivity contribution in [2.75, 3.05) is 13.7 Å². The zero-order chi connectivity index (χ0) is 12.2. The van der Waals surface area contributed by atoms with E-state index in [1.165, 1.54) is 0 Å². The fourth-order valence-electron chi connectivity index (χ4n) is 1.60. The number of benzene rings is 1. The van der Waals surface area contributed by atoms with Gasteiger partial charge in [0.1, 0.15) is 5.75 Å².